The van der Waals surface area contributed by atoms with E-state index in [-0.39, 0.29) is 32.2 Å². The van der Waals surface area contributed by atoms with E-state index in [0.717, 1.165) is 6.07 Å². The van der Waals surface area contributed by atoms with Crippen molar-refractivity contribution in [2.24, 2.45) is 0 Å². The number of aromatic amines is 1. The molecule has 0 bridgehead atoms. The van der Waals surface area contributed by atoms with Crippen molar-refractivity contribution >= 4 is 55.5 Å². The van der Waals surface area contributed by atoms with Gasteiger partial charge >= 0.3 is 0 Å². The molecule has 0 saturated carbocycles. The Labute approximate surface area is 202 Å². The normalized spacial score (nSPS) is 11.3. The minimum Gasteiger partial charge on any atom is -0.497 e. The number of nitrogens with one attached hydrogen (secondary N) is 3. The number of nitro benzene ring substituents is 1. The molecular formula is C22H16ClFN4O6S. The third-order valence-corrected chi connectivity index (χ3v) is 6.65. The summed E-state index contributed by atoms with van der Waals surface area (Å²) >= 11 is 5.81. The summed E-state index contributed by atoms with van der Waals surface area (Å²) in [5.41, 5.74) is 0.147. The molecule has 3 aromatic carbocycles. The average molecular weight is 519 g/mol. The van der Waals surface area contributed by atoms with E-state index in [4.69, 9.17) is 16.3 Å². The van der Waals surface area contributed by atoms with Gasteiger partial charge in [0.1, 0.15) is 22.8 Å². The fourth-order valence-electron chi connectivity index (χ4n) is 3.31. The monoisotopic (exact) mass is 518 g/mol. The lowest BCUT2D eigenvalue weighted by Crippen LogP contribution is -2.30. The number of hydrogen-bond donors (Lipinski definition) is 3. The standard InChI is InChI=1S/C22H16ClFN4O6S/c1-34-13-3-5-14(6-4-13)35(32,33)27-22(29)19-11-15-18(8-9-20(28(30)31)21(15)26-19)25-12-2-7-17(24)16(23)10-12/h2-11,25-26H,1H3,(H,27,29). The number of aromatic nitrogens is 1. The summed E-state index contributed by atoms with van der Waals surface area (Å²) in [5, 5.41) is 14.6. The molecule has 10 nitrogen and oxygen atoms in total. The van der Waals surface area contributed by atoms with Crippen LogP contribution in [0.1, 0.15) is 10.5 Å². The van der Waals surface area contributed by atoms with Crippen LogP contribution in [-0.4, -0.2) is 31.3 Å². The summed E-state index contributed by atoms with van der Waals surface area (Å²) in [4.78, 5) is 26.1. The molecule has 1 amide bonds. The molecule has 4 rings (SSSR count). The van der Waals surface area contributed by atoms with E-state index in [1.807, 2.05) is 4.72 Å². The average Bonchev–Trinajstić information content (AvgIpc) is 3.27. The molecule has 1 heterocycles. The largest absolute Gasteiger partial charge is 0.497 e. The van der Waals surface area contributed by atoms with E-state index in [9.17, 15) is 27.7 Å². The number of methoxy groups -OCH3 is 1. The highest BCUT2D eigenvalue weighted by Gasteiger charge is 2.24. The lowest BCUT2D eigenvalue weighted by molar-refractivity contribution is -0.383. The second-order valence-electron chi connectivity index (χ2n) is 7.23. The van der Waals surface area contributed by atoms with Crippen LogP contribution in [0.15, 0.2) is 65.6 Å². The number of benzene rings is 3. The van der Waals surface area contributed by atoms with E-state index < -0.39 is 26.7 Å². The fraction of sp³-hybridized carbons (Fsp3) is 0.0455. The SMILES string of the molecule is COc1ccc(S(=O)(=O)NC(=O)c2cc3c(Nc4ccc(F)c(Cl)c4)ccc([N+](=O)[O-])c3[nH]2)cc1. The number of anilines is 2. The second kappa shape index (κ2) is 9.24. The number of carbonyl (C=O) groups excluding carboxylic acids is 1. The molecule has 180 valence electrons. The summed E-state index contributed by atoms with van der Waals surface area (Å²) in [6.07, 6.45) is 0. The number of H-pyrrole nitrogens is 1. The molecule has 35 heavy (non-hydrogen) atoms. The number of halogens is 2. The van der Waals surface area contributed by atoms with Crippen LogP contribution in [0.25, 0.3) is 10.9 Å². The van der Waals surface area contributed by atoms with E-state index in [2.05, 4.69) is 10.3 Å². The van der Waals surface area contributed by atoms with E-state index in [1.165, 1.54) is 61.7 Å². The number of hydrogen-bond acceptors (Lipinski definition) is 7. The van der Waals surface area contributed by atoms with E-state index >= 15 is 0 Å². The van der Waals surface area contributed by atoms with Gasteiger partial charge in [-0.05, 0) is 54.6 Å². The molecule has 0 spiro atoms. The molecule has 13 heteroatoms. The summed E-state index contributed by atoms with van der Waals surface area (Å²) in [7, 11) is -2.81. The molecule has 1 aromatic heterocycles. The van der Waals surface area contributed by atoms with Gasteiger partial charge in [-0.2, -0.15) is 0 Å². The van der Waals surface area contributed by atoms with Crippen molar-refractivity contribution < 1.29 is 27.3 Å². The number of nitro groups is 1. The molecule has 3 N–H and O–H groups in total. The van der Waals surface area contributed by atoms with Crippen molar-refractivity contribution in [3.8, 4) is 5.75 Å². The van der Waals surface area contributed by atoms with Crippen LogP contribution in [0, 0.1) is 15.9 Å². The molecule has 0 radical (unpaired) electrons. The van der Waals surface area contributed by atoms with E-state index in [1.54, 1.807) is 0 Å². The maximum atomic E-state index is 13.5. The molecule has 0 saturated heterocycles. The number of rotatable bonds is 7. The van der Waals surface area contributed by atoms with Gasteiger partial charge in [-0.3, -0.25) is 14.9 Å². The lowest BCUT2D eigenvalue weighted by atomic mass is 10.1. The third-order valence-electron chi connectivity index (χ3n) is 5.01. The van der Waals surface area contributed by atoms with Crippen molar-refractivity contribution in [3.05, 3.63) is 87.3 Å². The van der Waals surface area contributed by atoms with Crippen LogP contribution in [0.3, 0.4) is 0 Å². The Balaban J connectivity index is 1.70. The molecular weight excluding hydrogens is 503 g/mol. The van der Waals surface area contributed by atoms with Crippen LogP contribution in [0.4, 0.5) is 21.5 Å². The molecule has 0 aliphatic rings. The van der Waals surface area contributed by atoms with Gasteiger partial charge in [0, 0.05) is 22.8 Å². The molecule has 4 aromatic rings. The molecule has 0 fully saturated rings. The number of non-ortho nitro benzene ring substituents is 1. The summed E-state index contributed by atoms with van der Waals surface area (Å²) in [6, 6.07) is 13.1. The maximum Gasteiger partial charge on any atom is 0.293 e. The van der Waals surface area contributed by atoms with Gasteiger partial charge in [0.2, 0.25) is 0 Å². The Kier molecular flexibility index (Phi) is 6.33. The number of sulfonamides is 1. The van der Waals surface area contributed by atoms with Crippen LogP contribution < -0.4 is 14.8 Å². The first kappa shape index (κ1) is 24.0. The highest BCUT2D eigenvalue weighted by atomic mass is 35.5. The first-order chi connectivity index (χ1) is 16.6. The first-order valence-corrected chi connectivity index (χ1v) is 11.7. The zero-order valence-electron chi connectivity index (χ0n) is 17.8. The lowest BCUT2D eigenvalue weighted by Gasteiger charge is -2.08. The minimum atomic E-state index is -4.24. The first-order valence-electron chi connectivity index (χ1n) is 9.82. The maximum absolute atomic E-state index is 13.5. The summed E-state index contributed by atoms with van der Waals surface area (Å²) in [6.45, 7) is 0. The van der Waals surface area contributed by atoms with Gasteiger partial charge in [0.15, 0.2) is 0 Å². The van der Waals surface area contributed by atoms with Gasteiger partial charge in [0.25, 0.3) is 21.6 Å². The molecule has 0 aliphatic heterocycles. The fourth-order valence-corrected chi connectivity index (χ4v) is 4.45. The van der Waals surface area contributed by atoms with Crippen LogP contribution in [-0.2, 0) is 10.0 Å². The second-order valence-corrected chi connectivity index (χ2v) is 9.31. The van der Waals surface area contributed by atoms with Crippen molar-refractivity contribution in [1.29, 1.82) is 0 Å². The van der Waals surface area contributed by atoms with Crippen LogP contribution in [0.5, 0.6) is 5.75 Å². The Morgan fingerprint density at radius 3 is 2.46 bits per heavy atom. The topological polar surface area (TPSA) is 143 Å². The Morgan fingerprint density at radius 1 is 1.11 bits per heavy atom. The van der Waals surface area contributed by atoms with Crippen molar-refractivity contribution in [1.82, 2.24) is 9.71 Å². The molecule has 0 aliphatic carbocycles. The highest BCUT2D eigenvalue weighted by Crippen LogP contribution is 2.34. The Morgan fingerprint density at radius 2 is 1.83 bits per heavy atom. The third kappa shape index (κ3) is 4.88. The van der Waals surface area contributed by atoms with Gasteiger partial charge < -0.3 is 15.0 Å². The molecule has 0 unspecified atom stereocenters. The zero-order chi connectivity index (χ0) is 25.3. The zero-order valence-corrected chi connectivity index (χ0v) is 19.4. The Bertz CT molecular complexity index is 1570. The minimum absolute atomic E-state index is 0.0137. The number of carbonyl (C=O) groups is 1. The van der Waals surface area contributed by atoms with E-state index in [0.29, 0.717) is 17.1 Å². The number of amides is 1. The van der Waals surface area contributed by atoms with Gasteiger partial charge in [0.05, 0.1) is 22.0 Å². The van der Waals surface area contributed by atoms with Crippen LogP contribution in [0.2, 0.25) is 5.02 Å². The van der Waals surface area contributed by atoms with Crippen molar-refractivity contribution in [3.63, 3.8) is 0 Å². The number of nitrogens with zero attached hydrogens (tertiary/aromatic N) is 1. The van der Waals surface area contributed by atoms with Gasteiger partial charge in [-0.25, -0.2) is 17.5 Å². The van der Waals surface area contributed by atoms with Gasteiger partial charge in [-0.15, -0.1) is 0 Å². The highest BCUT2D eigenvalue weighted by molar-refractivity contribution is 7.90. The molecule has 0 atom stereocenters. The predicted molar refractivity (Wildman–Crippen MR) is 127 cm³/mol. The van der Waals surface area contributed by atoms with Crippen molar-refractivity contribution in [2.45, 2.75) is 4.90 Å². The smallest absolute Gasteiger partial charge is 0.293 e. The summed E-state index contributed by atoms with van der Waals surface area (Å²) in [5.74, 6) is -1.22. The number of fused-ring (bicyclic) bond motifs is 1. The van der Waals surface area contributed by atoms with Crippen molar-refractivity contribution in [2.75, 3.05) is 12.4 Å². The Hall–Kier alpha value is -4.16. The van der Waals surface area contributed by atoms with Gasteiger partial charge in [-0.1, -0.05) is 11.6 Å². The number of ether oxygens (including phenoxy) is 1. The quantitative estimate of drug-likeness (QED) is 0.237. The summed E-state index contributed by atoms with van der Waals surface area (Å²) < 4.78 is 45.6. The predicted octanol–water partition coefficient (Wildman–Crippen LogP) is 4.74. The van der Waals surface area contributed by atoms with Crippen LogP contribution >= 0.6 is 11.6 Å².